The largest absolute Gasteiger partial charge is 0.444 e. The van der Waals surface area contributed by atoms with Crippen LogP contribution in [-0.2, 0) is 30.8 Å². The van der Waals surface area contributed by atoms with E-state index in [2.05, 4.69) is 30.2 Å². The molecular formula is C26H37N5O7S. The van der Waals surface area contributed by atoms with Crippen LogP contribution in [0.1, 0.15) is 50.5 Å². The number of sulfonamides is 1. The second kappa shape index (κ2) is 11.4. The summed E-state index contributed by atoms with van der Waals surface area (Å²) >= 11 is 0. The van der Waals surface area contributed by atoms with Crippen molar-refractivity contribution in [1.29, 1.82) is 0 Å². The van der Waals surface area contributed by atoms with Crippen LogP contribution in [0.2, 0.25) is 0 Å². The molecule has 1 atom stereocenters. The molecule has 0 aliphatic carbocycles. The normalized spacial score (nSPS) is 22.7. The molecule has 0 bridgehead atoms. The van der Waals surface area contributed by atoms with E-state index in [1.165, 1.54) is 14.8 Å². The number of nitrogens with zero attached hydrogens (tertiary/aromatic N) is 4. The molecule has 2 amide bonds. The molecule has 1 aromatic carbocycles. The smallest absolute Gasteiger partial charge is 0.410 e. The molecule has 0 saturated carbocycles. The van der Waals surface area contributed by atoms with Gasteiger partial charge in [-0.15, -0.1) is 0 Å². The van der Waals surface area contributed by atoms with Gasteiger partial charge in [-0.25, -0.2) is 23.0 Å². The molecule has 0 unspecified atom stereocenters. The van der Waals surface area contributed by atoms with Gasteiger partial charge in [0, 0.05) is 44.5 Å². The third-order valence-corrected chi connectivity index (χ3v) is 10.5. The van der Waals surface area contributed by atoms with Gasteiger partial charge in [0.15, 0.2) is 0 Å². The Hall–Kier alpha value is -2.74. The zero-order valence-corrected chi connectivity index (χ0v) is 23.1. The number of rotatable bonds is 7. The summed E-state index contributed by atoms with van der Waals surface area (Å²) in [5.41, 5.74) is 2.60. The van der Waals surface area contributed by atoms with Crippen molar-refractivity contribution >= 4 is 32.9 Å². The van der Waals surface area contributed by atoms with E-state index in [0.29, 0.717) is 45.6 Å². The van der Waals surface area contributed by atoms with Crippen molar-refractivity contribution in [1.82, 2.24) is 24.5 Å². The Balaban J connectivity index is 1.20. The molecule has 4 heterocycles. The van der Waals surface area contributed by atoms with E-state index in [1.54, 1.807) is 5.48 Å². The molecule has 0 radical (unpaired) electrons. The highest BCUT2D eigenvalue weighted by molar-refractivity contribution is 7.89. The van der Waals surface area contributed by atoms with Crippen LogP contribution in [0, 0.1) is 5.41 Å². The number of carbonyl (C=O) groups excluding carboxylic acids is 2. The van der Waals surface area contributed by atoms with E-state index in [1.807, 2.05) is 10.9 Å². The minimum absolute atomic E-state index is 0.108. The molecule has 2 N–H and O–H groups in total. The molecule has 214 valence electrons. The Morgan fingerprint density at radius 3 is 2.56 bits per heavy atom. The fourth-order valence-electron chi connectivity index (χ4n) is 6.02. The van der Waals surface area contributed by atoms with Crippen LogP contribution >= 0.6 is 0 Å². The summed E-state index contributed by atoms with van der Waals surface area (Å²) in [5, 5.41) is 14.9. The number of fused-ring (bicyclic) bond motifs is 1. The molecule has 39 heavy (non-hydrogen) atoms. The number of aryl methyl sites for hydroxylation is 1. The number of aromatic nitrogens is 2. The van der Waals surface area contributed by atoms with Gasteiger partial charge in [-0.1, -0.05) is 6.07 Å². The van der Waals surface area contributed by atoms with Crippen LogP contribution in [0.25, 0.3) is 10.9 Å². The molecule has 12 nitrogen and oxygen atoms in total. The zero-order valence-electron chi connectivity index (χ0n) is 22.3. The topological polar surface area (TPSA) is 143 Å². The number of hydrogen-bond donors (Lipinski definition) is 2. The quantitative estimate of drug-likeness (QED) is 0.385. The van der Waals surface area contributed by atoms with Gasteiger partial charge in [0.25, 0.3) is 5.91 Å². The van der Waals surface area contributed by atoms with E-state index in [-0.39, 0.29) is 38.0 Å². The van der Waals surface area contributed by atoms with Crippen molar-refractivity contribution in [3.63, 3.8) is 0 Å². The van der Waals surface area contributed by atoms with E-state index >= 15 is 0 Å². The Bertz CT molecular complexity index is 1290. The third-order valence-electron chi connectivity index (χ3n) is 8.46. The highest BCUT2D eigenvalue weighted by Gasteiger charge is 2.47. The van der Waals surface area contributed by atoms with E-state index in [9.17, 15) is 23.2 Å². The van der Waals surface area contributed by atoms with E-state index < -0.39 is 33.2 Å². The van der Waals surface area contributed by atoms with Crippen molar-refractivity contribution in [3.8, 4) is 0 Å². The Kier molecular flexibility index (Phi) is 8.13. The maximum Gasteiger partial charge on any atom is 0.410 e. The van der Waals surface area contributed by atoms with Crippen LogP contribution in [-0.4, -0.2) is 95.9 Å². The monoisotopic (exact) mass is 563 g/mol. The fraction of sp³-hybridized carbons (Fsp3) is 0.654. The molecule has 0 spiro atoms. The second-order valence-corrected chi connectivity index (χ2v) is 12.8. The molecule has 1 aromatic heterocycles. The van der Waals surface area contributed by atoms with Crippen LogP contribution < -0.4 is 5.48 Å². The average Bonchev–Trinajstić information content (AvgIpc) is 3.62. The van der Waals surface area contributed by atoms with Gasteiger partial charge in [0.1, 0.15) is 6.10 Å². The van der Waals surface area contributed by atoms with Crippen molar-refractivity contribution in [3.05, 3.63) is 30.0 Å². The summed E-state index contributed by atoms with van der Waals surface area (Å²) in [5.74, 6) is -0.919. The lowest BCUT2D eigenvalue weighted by atomic mass is 9.79. The zero-order chi connectivity index (χ0) is 27.6. The minimum atomic E-state index is -3.80. The summed E-state index contributed by atoms with van der Waals surface area (Å²) in [6, 6.07) is 6.32. The standard InChI is InChI=1S/C26H37N5O7S/c1-2-31-23-4-3-20(15-21(23)16-27-31)19-5-10-30(11-6-19)39(35,36)18-26(24(32)28-34)8-12-29(13-9-26)25(33)38-22-7-14-37-17-22/h3-4,15-16,19,22,34H,2,5-14,17-18H2,1H3,(H,28,32)/t22-/m0/s1. The lowest BCUT2D eigenvalue weighted by molar-refractivity contribution is -0.141. The lowest BCUT2D eigenvalue weighted by Gasteiger charge is -2.41. The molecule has 3 saturated heterocycles. The molecule has 5 rings (SSSR count). The summed E-state index contributed by atoms with van der Waals surface area (Å²) in [4.78, 5) is 26.8. The van der Waals surface area contributed by atoms with Gasteiger partial charge < -0.3 is 14.4 Å². The number of ether oxygens (including phenoxy) is 2. The summed E-state index contributed by atoms with van der Waals surface area (Å²) in [7, 11) is -3.80. The lowest BCUT2D eigenvalue weighted by Crippen LogP contribution is -2.55. The maximum atomic E-state index is 13.5. The van der Waals surface area contributed by atoms with Gasteiger partial charge in [-0.3, -0.25) is 14.7 Å². The van der Waals surface area contributed by atoms with Gasteiger partial charge in [0.05, 0.1) is 36.1 Å². The molecule has 3 aliphatic rings. The van der Waals surface area contributed by atoms with Crippen LogP contribution in [0.3, 0.4) is 0 Å². The summed E-state index contributed by atoms with van der Waals surface area (Å²) in [6.07, 6.45) is 3.30. The Labute approximate surface area is 228 Å². The van der Waals surface area contributed by atoms with Gasteiger partial charge in [-0.2, -0.15) is 5.10 Å². The predicted molar refractivity (Wildman–Crippen MR) is 142 cm³/mol. The average molecular weight is 564 g/mol. The fourth-order valence-corrected chi connectivity index (χ4v) is 8.08. The minimum Gasteiger partial charge on any atom is -0.444 e. The number of benzene rings is 1. The first-order valence-electron chi connectivity index (χ1n) is 13.7. The number of likely N-dealkylation sites (tertiary alicyclic amines) is 1. The van der Waals surface area contributed by atoms with E-state index in [0.717, 1.165) is 17.4 Å². The first-order valence-corrected chi connectivity index (χ1v) is 15.3. The van der Waals surface area contributed by atoms with Crippen molar-refractivity contribution in [2.75, 3.05) is 45.1 Å². The van der Waals surface area contributed by atoms with Crippen LogP contribution in [0.4, 0.5) is 4.79 Å². The second-order valence-electron chi connectivity index (χ2n) is 10.8. The van der Waals surface area contributed by atoms with E-state index in [4.69, 9.17) is 9.47 Å². The highest BCUT2D eigenvalue weighted by Crippen LogP contribution is 2.37. The molecule has 13 heteroatoms. The number of carbonyl (C=O) groups is 2. The number of nitrogens with one attached hydrogen (secondary N) is 1. The third kappa shape index (κ3) is 5.76. The predicted octanol–water partition coefficient (Wildman–Crippen LogP) is 2.08. The molecule has 3 fully saturated rings. The van der Waals surface area contributed by atoms with Crippen LogP contribution in [0.15, 0.2) is 24.4 Å². The molecule has 3 aliphatic heterocycles. The van der Waals surface area contributed by atoms with Crippen molar-refractivity contribution in [2.45, 2.75) is 57.6 Å². The molecular weight excluding hydrogens is 526 g/mol. The summed E-state index contributed by atoms with van der Waals surface area (Å²) in [6.45, 7) is 4.80. The number of hydrogen-bond acceptors (Lipinski definition) is 8. The number of amides is 2. The first kappa shape index (κ1) is 27.8. The van der Waals surface area contributed by atoms with Gasteiger partial charge >= 0.3 is 6.09 Å². The Morgan fingerprint density at radius 1 is 1.18 bits per heavy atom. The van der Waals surface area contributed by atoms with Crippen molar-refractivity contribution < 1.29 is 32.7 Å². The van der Waals surface area contributed by atoms with Crippen molar-refractivity contribution in [2.24, 2.45) is 5.41 Å². The summed E-state index contributed by atoms with van der Waals surface area (Å²) < 4.78 is 41.1. The highest BCUT2D eigenvalue weighted by atomic mass is 32.2. The first-order chi connectivity index (χ1) is 18.7. The van der Waals surface area contributed by atoms with Gasteiger partial charge in [0.2, 0.25) is 10.0 Å². The number of piperidine rings is 2. The van der Waals surface area contributed by atoms with Gasteiger partial charge in [-0.05, 0) is 56.2 Å². The molecule has 2 aromatic rings. The Morgan fingerprint density at radius 2 is 1.92 bits per heavy atom. The number of hydroxylamine groups is 1. The maximum absolute atomic E-state index is 13.5. The SMILES string of the molecule is CCn1ncc2cc(C3CCN(S(=O)(=O)CC4(C(=O)NO)CCN(C(=O)O[C@H]5CCOC5)CC4)CC3)ccc21. The van der Waals surface area contributed by atoms with Crippen LogP contribution in [0.5, 0.6) is 0 Å².